The van der Waals surface area contributed by atoms with Crippen LogP contribution in [0.5, 0.6) is 11.5 Å². The van der Waals surface area contributed by atoms with Crippen LogP contribution in [0.3, 0.4) is 0 Å². The van der Waals surface area contributed by atoms with Gasteiger partial charge in [0.1, 0.15) is 13.2 Å². The number of ether oxygens (including phenoxy) is 2. The Kier molecular flexibility index (Phi) is 5.83. The molecule has 2 aromatic heterocycles. The smallest absolute Gasteiger partial charge is 0.237 e. The van der Waals surface area contributed by atoms with Crippen LogP contribution in [0, 0.1) is 0 Å². The van der Waals surface area contributed by atoms with Crippen LogP contribution in [0.15, 0.2) is 71.2 Å². The number of fused-ring (bicyclic) bond motifs is 1. The standard InChI is InChI=1S/C23H20N4O3S2/c1-15(22(28)24-16-9-10-18-19(14-16)30-12-11-29-18)32-23-26-25-21(20-8-5-13-31-20)27(23)17-6-3-2-4-7-17/h2-10,13-15H,11-12H2,1H3,(H,24,28)/t15-/m1/s1. The quantitative estimate of drug-likeness (QED) is 0.410. The molecule has 0 aliphatic carbocycles. The maximum absolute atomic E-state index is 12.9. The van der Waals surface area contributed by atoms with E-state index in [4.69, 9.17) is 9.47 Å². The lowest BCUT2D eigenvalue weighted by Gasteiger charge is -2.19. The van der Waals surface area contributed by atoms with Crippen molar-refractivity contribution >= 4 is 34.7 Å². The van der Waals surface area contributed by atoms with Gasteiger partial charge < -0.3 is 14.8 Å². The first-order chi connectivity index (χ1) is 15.7. The molecule has 1 aliphatic heterocycles. The van der Waals surface area contributed by atoms with Crippen molar-refractivity contribution in [1.82, 2.24) is 14.8 Å². The third-order valence-corrected chi connectivity index (χ3v) is 6.76. The van der Waals surface area contributed by atoms with Gasteiger partial charge in [0.25, 0.3) is 0 Å². The first-order valence-electron chi connectivity index (χ1n) is 10.1. The topological polar surface area (TPSA) is 78.3 Å². The number of amides is 1. The molecule has 0 radical (unpaired) electrons. The summed E-state index contributed by atoms with van der Waals surface area (Å²) >= 11 is 2.97. The maximum atomic E-state index is 12.9. The number of carbonyl (C=O) groups excluding carboxylic acids is 1. The third kappa shape index (κ3) is 4.21. The van der Waals surface area contributed by atoms with Crippen molar-refractivity contribution in [2.75, 3.05) is 18.5 Å². The van der Waals surface area contributed by atoms with E-state index in [0.717, 1.165) is 16.4 Å². The number of nitrogens with zero attached hydrogens (tertiary/aromatic N) is 3. The minimum Gasteiger partial charge on any atom is -0.486 e. The number of nitrogens with one attached hydrogen (secondary N) is 1. The van der Waals surface area contributed by atoms with Gasteiger partial charge in [-0.1, -0.05) is 36.0 Å². The Bertz CT molecular complexity index is 1230. The Morgan fingerprint density at radius 2 is 1.88 bits per heavy atom. The predicted octanol–water partition coefficient (Wildman–Crippen LogP) is 4.89. The second-order valence-electron chi connectivity index (χ2n) is 7.06. The molecule has 0 saturated heterocycles. The minimum absolute atomic E-state index is 0.132. The lowest BCUT2D eigenvalue weighted by atomic mass is 10.2. The third-order valence-electron chi connectivity index (χ3n) is 4.85. The van der Waals surface area contributed by atoms with Crippen molar-refractivity contribution in [1.29, 1.82) is 0 Å². The number of thiophene rings is 1. The molecule has 3 heterocycles. The minimum atomic E-state index is -0.397. The van der Waals surface area contributed by atoms with Crippen LogP contribution in [0.2, 0.25) is 0 Å². The zero-order valence-corrected chi connectivity index (χ0v) is 18.9. The number of thioether (sulfide) groups is 1. The Morgan fingerprint density at radius 3 is 2.66 bits per heavy atom. The molecule has 1 N–H and O–H groups in total. The van der Waals surface area contributed by atoms with E-state index in [0.29, 0.717) is 35.6 Å². The van der Waals surface area contributed by atoms with E-state index in [1.807, 2.05) is 65.4 Å². The van der Waals surface area contributed by atoms with Crippen molar-refractivity contribution < 1.29 is 14.3 Å². The second kappa shape index (κ2) is 9.05. The van der Waals surface area contributed by atoms with Gasteiger partial charge in [-0.25, -0.2) is 0 Å². The molecule has 32 heavy (non-hydrogen) atoms. The zero-order chi connectivity index (χ0) is 21.9. The number of hydrogen-bond donors (Lipinski definition) is 1. The average Bonchev–Trinajstić information content (AvgIpc) is 3.49. The molecule has 0 spiro atoms. The summed E-state index contributed by atoms with van der Waals surface area (Å²) in [6.45, 7) is 2.88. The molecule has 1 atom stereocenters. The molecule has 1 aliphatic rings. The van der Waals surface area contributed by atoms with E-state index in [1.165, 1.54) is 11.8 Å². The summed E-state index contributed by atoms with van der Waals surface area (Å²) < 4.78 is 13.1. The fraction of sp³-hybridized carbons (Fsp3) is 0.174. The van der Waals surface area contributed by atoms with Crippen LogP contribution in [-0.4, -0.2) is 39.1 Å². The normalized spacial score (nSPS) is 13.5. The van der Waals surface area contributed by atoms with E-state index in [-0.39, 0.29) is 5.91 Å². The Labute approximate surface area is 193 Å². The SMILES string of the molecule is C[C@@H](Sc1nnc(-c2cccs2)n1-c1ccccc1)C(=O)Nc1ccc2c(c1)OCCO2. The first-order valence-corrected chi connectivity index (χ1v) is 11.9. The summed E-state index contributed by atoms with van der Waals surface area (Å²) in [7, 11) is 0. The molecule has 5 rings (SSSR count). The highest BCUT2D eigenvalue weighted by atomic mass is 32.2. The molecule has 4 aromatic rings. The fourth-order valence-corrected chi connectivity index (χ4v) is 4.86. The van der Waals surface area contributed by atoms with Gasteiger partial charge in [-0.3, -0.25) is 9.36 Å². The van der Waals surface area contributed by atoms with Crippen molar-refractivity contribution in [2.45, 2.75) is 17.3 Å². The maximum Gasteiger partial charge on any atom is 0.237 e. The number of benzene rings is 2. The summed E-state index contributed by atoms with van der Waals surface area (Å²) in [5.41, 5.74) is 1.61. The van der Waals surface area contributed by atoms with Gasteiger partial charge in [-0.2, -0.15) is 0 Å². The highest BCUT2D eigenvalue weighted by molar-refractivity contribution is 8.00. The molecular formula is C23H20N4O3S2. The fourth-order valence-electron chi connectivity index (χ4n) is 3.30. The summed E-state index contributed by atoms with van der Waals surface area (Å²) in [6, 6.07) is 19.3. The number of hydrogen-bond acceptors (Lipinski definition) is 7. The summed E-state index contributed by atoms with van der Waals surface area (Å²) in [5.74, 6) is 1.95. The molecule has 0 fully saturated rings. The number of rotatable bonds is 6. The van der Waals surface area contributed by atoms with Crippen LogP contribution >= 0.6 is 23.1 Å². The van der Waals surface area contributed by atoms with Gasteiger partial charge >= 0.3 is 0 Å². The van der Waals surface area contributed by atoms with E-state index in [1.54, 1.807) is 23.5 Å². The zero-order valence-electron chi connectivity index (χ0n) is 17.2. The molecule has 7 nitrogen and oxygen atoms in total. The van der Waals surface area contributed by atoms with E-state index < -0.39 is 5.25 Å². The van der Waals surface area contributed by atoms with Crippen molar-refractivity contribution in [3.63, 3.8) is 0 Å². The van der Waals surface area contributed by atoms with Crippen LogP contribution < -0.4 is 14.8 Å². The van der Waals surface area contributed by atoms with Crippen molar-refractivity contribution in [2.24, 2.45) is 0 Å². The van der Waals surface area contributed by atoms with Crippen LogP contribution in [0.4, 0.5) is 5.69 Å². The van der Waals surface area contributed by atoms with E-state index in [9.17, 15) is 4.79 Å². The van der Waals surface area contributed by atoms with Crippen LogP contribution in [0.1, 0.15) is 6.92 Å². The van der Waals surface area contributed by atoms with Gasteiger partial charge in [0, 0.05) is 17.4 Å². The van der Waals surface area contributed by atoms with Gasteiger partial charge in [0.15, 0.2) is 22.5 Å². The van der Waals surface area contributed by atoms with Crippen molar-refractivity contribution in [3.8, 4) is 27.9 Å². The second-order valence-corrected chi connectivity index (χ2v) is 9.32. The van der Waals surface area contributed by atoms with Crippen LogP contribution in [-0.2, 0) is 4.79 Å². The number of para-hydroxylation sites is 1. The number of anilines is 1. The Balaban J connectivity index is 1.37. The molecule has 0 saturated carbocycles. The molecule has 9 heteroatoms. The number of carbonyl (C=O) groups is 1. The van der Waals surface area contributed by atoms with Gasteiger partial charge in [0.2, 0.25) is 5.91 Å². The Hall–Kier alpha value is -3.30. The van der Waals surface area contributed by atoms with Crippen LogP contribution in [0.25, 0.3) is 16.4 Å². The van der Waals surface area contributed by atoms with Gasteiger partial charge in [-0.15, -0.1) is 21.5 Å². The Morgan fingerprint density at radius 1 is 1.06 bits per heavy atom. The van der Waals surface area contributed by atoms with E-state index in [2.05, 4.69) is 15.5 Å². The van der Waals surface area contributed by atoms with E-state index >= 15 is 0 Å². The first kappa shape index (κ1) is 20.6. The van der Waals surface area contributed by atoms with Gasteiger partial charge in [-0.05, 0) is 42.6 Å². The highest BCUT2D eigenvalue weighted by Gasteiger charge is 2.23. The average molecular weight is 465 g/mol. The number of aromatic nitrogens is 3. The lowest BCUT2D eigenvalue weighted by Crippen LogP contribution is -2.23. The summed E-state index contributed by atoms with van der Waals surface area (Å²) in [6.07, 6.45) is 0. The lowest BCUT2D eigenvalue weighted by molar-refractivity contribution is -0.115. The van der Waals surface area contributed by atoms with Crippen molar-refractivity contribution in [3.05, 3.63) is 66.0 Å². The molecule has 1 amide bonds. The predicted molar refractivity (Wildman–Crippen MR) is 126 cm³/mol. The largest absolute Gasteiger partial charge is 0.486 e. The molecular weight excluding hydrogens is 444 g/mol. The molecule has 2 aromatic carbocycles. The highest BCUT2D eigenvalue weighted by Crippen LogP contribution is 2.34. The molecule has 162 valence electrons. The summed E-state index contributed by atoms with van der Waals surface area (Å²) in [4.78, 5) is 13.9. The van der Waals surface area contributed by atoms with Gasteiger partial charge in [0.05, 0.1) is 10.1 Å². The molecule has 0 bridgehead atoms. The monoisotopic (exact) mass is 464 g/mol. The summed E-state index contributed by atoms with van der Waals surface area (Å²) in [5, 5.41) is 14.0. The molecule has 0 unspecified atom stereocenters.